The number of furan rings is 1. The lowest BCUT2D eigenvalue weighted by Crippen LogP contribution is -2.41. The minimum atomic E-state index is -4.03. The molecule has 0 aliphatic heterocycles. The monoisotopic (exact) mass is 467 g/mol. The predicted octanol–water partition coefficient (Wildman–Crippen LogP) is 3.76. The van der Waals surface area contributed by atoms with Crippen LogP contribution in [0.25, 0.3) is 11.0 Å². The Morgan fingerprint density at radius 2 is 1.58 bits per heavy atom. The predicted molar refractivity (Wildman–Crippen MR) is 120 cm³/mol. The Kier molecular flexibility index (Phi) is 5.84. The van der Waals surface area contributed by atoms with Gasteiger partial charge in [0, 0.05) is 22.2 Å². The smallest absolute Gasteiger partial charge is 0.305 e. The summed E-state index contributed by atoms with van der Waals surface area (Å²) in [5.41, 5.74) is 5.84. The fourth-order valence-corrected chi connectivity index (χ4v) is 4.27. The first-order valence-corrected chi connectivity index (χ1v) is 11.2. The summed E-state index contributed by atoms with van der Waals surface area (Å²) in [7, 11) is -4.03. The van der Waals surface area contributed by atoms with Crippen LogP contribution in [0, 0.1) is 12.7 Å². The average Bonchev–Trinajstić information content (AvgIpc) is 3.15. The van der Waals surface area contributed by atoms with Crippen molar-refractivity contribution < 1.29 is 26.8 Å². The highest BCUT2D eigenvalue weighted by Gasteiger charge is 2.20. The second-order valence-corrected chi connectivity index (χ2v) is 8.78. The largest absolute Gasteiger partial charge is 0.451 e. The molecule has 168 valence electrons. The molecule has 3 aromatic carbocycles. The summed E-state index contributed by atoms with van der Waals surface area (Å²) in [6, 6.07) is 17.2. The number of halogens is 1. The number of nitrogens with one attached hydrogen (secondary N) is 3. The van der Waals surface area contributed by atoms with E-state index in [4.69, 9.17) is 4.42 Å². The molecule has 0 atom stereocenters. The zero-order valence-corrected chi connectivity index (χ0v) is 18.1. The van der Waals surface area contributed by atoms with E-state index in [0.29, 0.717) is 11.1 Å². The number of hydrogen-bond donors (Lipinski definition) is 3. The fraction of sp³-hybridized carbons (Fsp3) is 0.0435. The molecular weight excluding hydrogens is 449 g/mol. The van der Waals surface area contributed by atoms with Gasteiger partial charge in [0.15, 0.2) is 5.76 Å². The number of para-hydroxylation sites is 1. The number of hydrazine groups is 1. The van der Waals surface area contributed by atoms with Gasteiger partial charge in [0.25, 0.3) is 15.9 Å². The van der Waals surface area contributed by atoms with Gasteiger partial charge in [-0.15, -0.1) is 0 Å². The summed E-state index contributed by atoms with van der Waals surface area (Å²) >= 11 is 0. The molecule has 4 rings (SSSR count). The molecule has 0 saturated carbocycles. The van der Waals surface area contributed by atoms with Crippen LogP contribution in [-0.4, -0.2) is 20.2 Å². The highest BCUT2D eigenvalue weighted by molar-refractivity contribution is 7.92. The van der Waals surface area contributed by atoms with E-state index in [9.17, 15) is 22.4 Å². The molecule has 2 amide bonds. The standard InChI is InChI=1S/C23H18FN3O5S/c1-14-19-7-2-3-8-20(19)32-21(14)23(29)26-25-22(28)15-5-4-6-18(13-15)33(30,31)27-17-11-9-16(24)10-12-17/h2-13,27H,1H3,(H,25,28)(H,26,29). The van der Waals surface area contributed by atoms with E-state index in [1.54, 1.807) is 19.1 Å². The number of anilines is 1. The normalized spacial score (nSPS) is 11.2. The minimum Gasteiger partial charge on any atom is -0.451 e. The van der Waals surface area contributed by atoms with Crippen LogP contribution in [0.2, 0.25) is 0 Å². The van der Waals surface area contributed by atoms with Crippen LogP contribution in [0.4, 0.5) is 10.1 Å². The molecule has 8 nitrogen and oxygen atoms in total. The molecule has 0 unspecified atom stereocenters. The van der Waals surface area contributed by atoms with Crippen molar-refractivity contribution in [2.24, 2.45) is 0 Å². The van der Waals surface area contributed by atoms with Crippen molar-refractivity contribution in [1.82, 2.24) is 10.9 Å². The van der Waals surface area contributed by atoms with E-state index < -0.39 is 27.7 Å². The van der Waals surface area contributed by atoms with Crippen molar-refractivity contribution in [3.8, 4) is 0 Å². The summed E-state index contributed by atoms with van der Waals surface area (Å²) in [6.45, 7) is 1.73. The summed E-state index contributed by atoms with van der Waals surface area (Å²) in [5, 5.41) is 0.778. The van der Waals surface area contributed by atoms with Crippen molar-refractivity contribution in [2.75, 3.05) is 4.72 Å². The first kappa shape index (κ1) is 22.0. The van der Waals surface area contributed by atoms with Gasteiger partial charge in [-0.2, -0.15) is 0 Å². The lowest BCUT2D eigenvalue weighted by molar-refractivity contribution is 0.0831. The van der Waals surface area contributed by atoms with Gasteiger partial charge in [-0.1, -0.05) is 24.3 Å². The molecule has 0 radical (unpaired) electrons. The van der Waals surface area contributed by atoms with Crippen LogP contribution < -0.4 is 15.6 Å². The Hall–Kier alpha value is -4.18. The second kappa shape index (κ2) is 8.75. The Balaban J connectivity index is 1.46. The number of benzene rings is 3. The number of carbonyl (C=O) groups excluding carboxylic acids is 2. The van der Waals surface area contributed by atoms with Crippen LogP contribution in [0.15, 0.2) is 82.1 Å². The number of rotatable bonds is 5. The molecule has 33 heavy (non-hydrogen) atoms. The number of carbonyl (C=O) groups is 2. The summed E-state index contributed by atoms with van der Waals surface area (Å²) in [4.78, 5) is 24.8. The Bertz CT molecular complexity index is 1460. The molecule has 1 aromatic heterocycles. The van der Waals surface area contributed by atoms with E-state index in [2.05, 4.69) is 15.6 Å². The highest BCUT2D eigenvalue weighted by atomic mass is 32.2. The number of hydrogen-bond acceptors (Lipinski definition) is 5. The van der Waals surface area contributed by atoms with E-state index in [-0.39, 0.29) is 21.9 Å². The van der Waals surface area contributed by atoms with E-state index in [1.807, 2.05) is 12.1 Å². The summed E-state index contributed by atoms with van der Waals surface area (Å²) in [6.07, 6.45) is 0. The fourth-order valence-electron chi connectivity index (χ4n) is 3.17. The Labute approximate surface area is 188 Å². The second-order valence-electron chi connectivity index (χ2n) is 7.10. The number of sulfonamides is 1. The minimum absolute atomic E-state index is 0.00129. The third kappa shape index (κ3) is 4.70. The molecule has 3 N–H and O–H groups in total. The van der Waals surface area contributed by atoms with Crippen molar-refractivity contribution in [1.29, 1.82) is 0 Å². The molecule has 0 aliphatic rings. The third-order valence-electron chi connectivity index (χ3n) is 4.84. The molecule has 10 heteroatoms. The van der Waals surface area contributed by atoms with Crippen molar-refractivity contribution in [2.45, 2.75) is 11.8 Å². The molecule has 0 fully saturated rings. The topological polar surface area (TPSA) is 118 Å². The Morgan fingerprint density at radius 3 is 2.30 bits per heavy atom. The van der Waals surface area contributed by atoms with Gasteiger partial charge in [-0.05, 0) is 55.5 Å². The molecule has 0 spiro atoms. The number of aryl methyl sites for hydroxylation is 1. The summed E-state index contributed by atoms with van der Waals surface area (Å²) in [5.74, 6) is -1.83. The lowest BCUT2D eigenvalue weighted by atomic mass is 10.1. The van der Waals surface area contributed by atoms with Crippen molar-refractivity contribution in [3.63, 3.8) is 0 Å². The molecule has 4 aromatic rings. The highest BCUT2D eigenvalue weighted by Crippen LogP contribution is 2.24. The molecule has 0 bridgehead atoms. The first-order chi connectivity index (χ1) is 15.7. The summed E-state index contributed by atoms with van der Waals surface area (Å²) < 4.78 is 46.1. The average molecular weight is 467 g/mol. The van der Waals surface area contributed by atoms with Gasteiger partial charge < -0.3 is 4.42 Å². The van der Waals surface area contributed by atoms with Crippen LogP contribution in [-0.2, 0) is 10.0 Å². The van der Waals surface area contributed by atoms with Crippen molar-refractivity contribution in [3.05, 3.63) is 95.5 Å². The van der Waals surface area contributed by atoms with Gasteiger partial charge in [-0.25, -0.2) is 12.8 Å². The van der Waals surface area contributed by atoms with Crippen LogP contribution >= 0.6 is 0 Å². The molecular formula is C23H18FN3O5S. The van der Waals surface area contributed by atoms with E-state index >= 15 is 0 Å². The maximum Gasteiger partial charge on any atom is 0.305 e. The van der Waals surface area contributed by atoms with Crippen molar-refractivity contribution >= 4 is 38.5 Å². The SMILES string of the molecule is Cc1c(C(=O)NNC(=O)c2cccc(S(=O)(=O)Nc3ccc(F)cc3)c2)oc2ccccc12. The molecule has 0 saturated heterocycles. The quantitative estimate of drug-likeness (QED) is 0.387. The van der Waals surface area contributed by atoms with Gasteiger partial charge >= 0.3 is 5.91 Å². The maximum absolute atomic E-state index is 13.0. The maximum atomic E-state index is 13.0. The lowest BCUT2D eigenvalue weighted by Gasteiger charge is -2.10. The Morgan fingerprint density at radius 1 is 0.879 bits per heavy atom. The zero-order valence-electron chi connectivity index (χ0n) is 17.3. The van der Waals surface area contributed by atoms with Crippen LogP contribution in [0.5, 0.6) is 0 Å². The number of fused-ring (bicyclic) bond motifs is 1. The molecule has 1 heterocycles. The third-order valence-corrected chi connectivity index (χ3v) is 6.22. The van der Waals surface area contributed by atoms with E-state index in [1.165, 1.54) is 30.3 Å². The number of amides is 2. The van der Waals surface area contributed by atoms with Gasteiger partial charge in [0.1, 0.15) is 11.4 Å². The first-order valence-electron chi connectivity index (χ1n) is 9.72. The van der Waals surface area contributed by atoms with Gasteiger partial charge in [0.2, 0.25) is 0 Å². The van der Waals surface area contributed by atoms with Gasteiger partial charge in [0.05, 0.1) is 4.90 Å². The molecule has 0 aliphatic carbocycles. The zero-order chi connectivity index (χ0) is 23.6. The van der Waals surface area contributed by atoms with Crippen LogP contribution in [0.3, 0.4) is 0 Å². The van der Waals surface area contributed by atoms with E-state index in [0.717, 1.165) is 23.6 Å². The van der Waals surface area contributed by atoms with Crippen LogP contribution in [0.1, 0.15) is 26.5 Å². The van der Waals surface area contributed by atoms with Gasteiger partial charge in [-0.3, -0.25) is 25.2 Å².